The molecule has 0 radical (unpaired) electrons. The van der Waals surface area contributed by atoms with Crippen molar-refractivity contribution >= 4 is 32.9 Å². The van der Waals surface area contributed by atoms with Crippen LogP contribution in [0.2, 0.25) is 0 Å². The Morgan fingerprint density at radius 3 is 2.77 bits per heavy atom. The van der Waals surface area contributed by atoms with Gasteiger partial charge in [0.2, 0.25) is 5.13 Å². The van der Waals surface area contributed by atoms with Gasteiger partial charge in [0.25, 0.3) is 0 Å². The molecule has 3 aromatic rings. The van der Waals surface area contributed by atoms with Crippen molar-refractivity contribution in [3.8, 4) is 0 Å². The van der Waals surface area contributed by atoms with Crippen molar-refractivity contribution in [2.24, 2.45) is 5.10 Å². The molecule has 0 bridgehead atoms. The van der Waals surface area contributed by atoms with E-state index in [0.717, 1.165) is 17.1 Å². The molecule has 3 nitrogen and oxygen atoms in total. The van der Waals surface area contributed by atoms with Crippen molar-refractivity contribution in [3.05, 3.63) is 59.2 Å². The molecule has 0 aliphatic carbocycles. The summed E-state index contributed by atoms with van der Waals surface area (Å²) in [5.74, 6) is 0. The van der Waals surface area contributed by atoms with Crippen molar-refractivity contribution in [2.75, 3.05) is 5.01 Å². The summed E-state index contributed by atoms with van der Waals surface area (Å²) in [6, 6.07) is 15.1. The van der Waals surface area contributed by atoms with Crippen LogP contribution >= 0.6 is 11.3 Å². The number of benzene rings is 2. The number of hydrazone groups is 1. The van der Waals surface area contributed by atoms with Gasteiger partial charge in [-0.1, -0.05) is 67.0 Å². The molecular weight excluding hydrogens is 338 g/mol. The Kier molecular flexibility index (Phi) is 6.04. The number of fused-ring (bicyclic) bond motifs is 1. The van der Waals surface area contributed by atoms with E-state index >= 15 is 0 Å². The maximum absolute atomic E-state index is 4.87. The van der Waals surface area contributed by atoms with Crippen LogP contribution in [0.1, 0.15) is 49.8 Å². The summed E-state index contributed by atoms with van der Waals surface area (Å²) in [5, 5.41) is 7.94. The molecular formula is C22H27N3S. The van der Waals surface area contributed by atoms with Crippen LogP contribution in [0.5, 0.6) is 0 Å². The number of para-hydroxylation sites is 1. The van der Waals surface area contributed by atoms with Gasteiger partial charge in [0.15, 0.2) is 0 Å². The molecule has 2 aromatic carbocycles. The molecule has 0 aliphatic heterocycles. The molecule has 4 heteroatoms. The van der Waals surface area contributed by atoms with Gasteiger partial charge in [-0.05, 0) is 50.5 Å². The van der Waals surface area contributed by atoms with Crippen LogP contribution < -0.4 is 5.01 Å². The largest absolute Gasteiger partial charge is 0.236 e. The third-order valence-electron chi connectivity index (χ3n) is 4.63. The van der Waals surface area contributed by atoms with Crippen molar-refractivity contribution in [1.29, 1.82) is 0 Å². The molecule has 0 saturated heterocycles. The van der Waals surface area contributed by atoms with Crippen LogP contribution in [0.25, 0.3) is 10.2 Å². The summed E-state index contributed by atoms with van der Waals surface area (Å²) in [4.78, 5) is 4.83. The van der Waals surface area contributed by atoms with Crippen molar-refractivity contribution in [1.82, 2.24) is 4.98 Å². The topological polar surface area (TPSA) is 28.5 Å². The van der Waals surface area contributed by atoms with Crippen molar-refractivity contribution < 1.29 is 0 Å². The highest BCUT2D eigenvalue weighted by Gasteiger charge is 2.17. The summed E-state index contributed by atoms with van der Waals surface area (Å²) in [6.45, 7) is 8.71. The van der Waals surface area contributed by atoms with E-state index in [4.69, 9.17) is 10.1 Å². The number of unbranched alkanes of at least 4 members (excludes halogenated alkanes) is 1. The number of hydrogen-bond donors (Lipinski definition) is 0. The highest BCUT2D eigenvalue weighted by atomic mass is 32.1. The minimum atomic E-state index is 0.317. The Morgan fingerprint density at radius 2 is 2.00 bits per heavy atom. The second-order valence-electron chi connectivity index (χ2n) is 6.90. The molecule has 136 valence electrons. The van der Waals surface area contributed by atoms with Crippen LogP contribution in [0.4, 0.5) is 5.13 Å². The fraction of sp³-hybridized carbons (Fsp3) is 0.364. The number of aryl methyl sites for hydroxylation is 2. The highest BCUT2D eigenvalue weighted by molar-refractivity contribution is 7.22. The molecule has 0 saturated carbocycles. The first-order chi connectivity index (χ1) is 12.6. The first-order valence-electron chi connectivity index (χ1n) is 9.34. The van der Waals surface area contributed by atoms with Gasteiger partial charge in [0.1, 0.15) is 0 Å². The molecule has 1 aromatic heterocycles. The molecule has 3 rings (SSSR count). The standard InChI is InChI=1S/C22H27N3S/c1-5-6-9-18(4)25(22-24-20-10-7-8-11-21(20)26-22)23-15-19-14-16(2)12-13-17(19)3/h7-8,10-15,18H,5-6,9H2,1-4H3/b23-15+. The monoisotopic (exact) mass is 365 g/mol. The molecule has 0 aliphatic rings. The first-order valence-corrected chi connectivity index (χ1v) is 10.2. The Morgan fingerprint density at radius 1 is 1.19 bits per heavy atom. The zero-order valence-corrected chi connectivity index (χ0v) is 16.9. The molecule has 26 heavy (non-hydrogen) atoms. The minimum Gasteiger partial charge on any atom is -0.236 e. The van der Waals surface area contributed by atoms with E-state index in [9.17, 15) is 0 Å². The van der Waals surface area contributed by atoms with Crippen LogP contribution in [0.15, 0.2) is 47.6 Å². The van der Waals surface area contributed by atoms with E-state index in [2.05, 4.69) is 69.1 Å². The van der Waals surface area contributed by atoms with Gasteiger partial charge in [-0.3, -0.25) is 0 Å². The van der Waals surface area contributed by atoms with Gasteiger partial charge in [-0.25, -0.2) is 9.99 Å². The predicted octanol–water partition coefficient (Wildman–Crippen LogP) is 6.33. The van der Waals surface area contributed by atoms with Crippen LogP contribution in [0.3, 0.4) is 0 Å². The lowest BCUT2D eigenvalue weighted by Crippen LogP contribution is -2.28. The average Bonchev–Trinajstić information content (AvgIpc) is 3.06. The second kappa shape index (κ2) is 8.45. The Hall–Kier alpha value is -2.20. The third kappa shape index (κ3) is 4.31. The Labute approximate surface area is 160 Å². The lowest BCUT2D eigenvalue weighted by molar-refractivity contribution is 0.570. The third-order valence-corrected chi connectivity index (χ3v) is 5.65. The van der Waals surface area contributed by atoms with Gasteiger partial charge in [-0.15, -0.1) is 0 Å². The molecule has 1 atom stereocenters. The maximum Gasteiger partial charge on any atom is 0.207 e. The zero-order chi connectivity index (χ0) is 18.5. The summed E-state index contributed by atoms with van der Waals surface area (Å²) in [7, 11) is 0. The van der Waals surface area contributed by atoms with Crippen molar-refractivity contribution in [3.63, 3.8) is 0 Å². The molecule has 0 fully saturated rings. The van der Waals surface area contributed by atoms with E-state index < -0.39 is 0 Å². The second-order valence-corrected chi connectivity index (χ2v) is 7.91. The van der Waals surface area contributed by atoms with E-state index in [1.807, 2.05) is 12.3 Å². The molecule has 0 N–H and O–H groups in total. The number of hydrogen-bond acceptors (Lipinski definition) is 4. The van der Waals surface area contributed by atoms with Crippen LogP contribution in [-0.4, -0.2) is 17.2 Å². The smallest absolute Gasteiger partial charge is 0.207 e. The molecule has 1 heterocycles. The van der Waals surface area contributed by atoms with E-state index in [1.165, 1.54) is 34.2 Å². The van der Waals surface area contributed by atoms with Gasteiger partial charge in [-0.2, -0.15) is 5.10 Å². The summed E-state index contributed by atoms with van der Waals surface area (Å²) >= 11 is 1.71. The zero-order valence-electron chi connectivity index (χ0n) is 16.1. The number of anilines is 1. The molecule has 0 amide bonds. The fourth-order valence-corrected chi connectivity index (χ4v) is 3.98. The molecule has 1 unspecified atom stereocenters. The summed E-state index contributed by atoms with van der Waals surface area (Å²) in [6.07, 6.45) is 5.48. The predicted molar refractivity (Wildman–Crippen MR) is 115 cm³/mol. The lowest BCUT2D eigenvalue weighted by Gasteiger charge is -2.23. The molecule has 0 spiro atoms. The average molecular weight is 366 g/mol. The maximum atomic E-state index is 4.87. The van der Waals surface area contributed by atoms with E-state index in [1.54, 1.807) is 11.3 Å². The fourth-order valence-electron chi connectivity index (χ4n) is 2.95. The van der Waals surface area contributed by atoms with Crippen molar-refractivity contribution in [2.45, 2.75) is 53.0 Å². The van der Waals surface area contributed by atoms with Gasteiger partial charge >= 0.3 is 0 Å². The SMILES string of the molecule is CCCCC(C)N(/N=C/c1cc(C)ccc1C)c1nc2ccccc2s1. The highest BCUT2D eigenvalue weighted by Crippen LogP contribution is 2.31. The number of thiazole rings is 1. The van der Waals surface area contributed by atoms with E-state index in [-0.39, 0.29) is 0 Å². The normalized spacial score (nSPS) is 12.8. The first kappa shape index (κ1) is 18.6. The summed E-state index contributed by atoms with van der Waals surface area (Å²) in [5.41, 5.74) is 4.70. The summed E-state index contributed by atoms with van der Waals surface area (Å²) < 4.78 is 1.21. The van der Waals surface area contributed by atoms with Gasteiger partial charge < -0.3 is 0 Å². The number of nitrogens with zero attached hydrogens (tertiary/aromatic N) is 3. The lowest BCUT2D eigenvalue weighted by atomic mass is 10.1. The number of rotatable bonds is 7. The Bertz CT molecular complexity index is 864. The quantitative estimate of drug-likeness (QED) is 0.361. The Balaban J connectivity index is 1.94. The van der Waals surface area contributed by atoms with Gasteiger partial charge in [0, 0.05) is 0 Å². The van der Waals surface area contributed by atoms with Crippen LogP contribution in [-0.2, 0) is 0 Å². The van der Waals surface area contributed by atoms with E-state index in [0.29, 0.717) is 6.04 Å². The van der Waals surface area contributed by atoms with Gasteiger partial charge in [0.05, 0.1) is 22.5 Å². The van der Waals surface area contributed by atoms with Crippen LogP contribution in [0, 0.1) is 13.8 Å². The number of aromatic nitrogens is 1. The minimum absolute atomic E-state index is 0.317.